The van der Waals surface area contributed by atoms with Crippen LogP contribution >= 0.6 is 0 Å². The number of nitro groups is 1. The first-order valence-corrected chi connectivity index (χ1v) is 6.05. The van der Waals surface area contributed by atoms with E-state index in [2.05, 4.69) is 16.7 Å². The quantitative estimate of drug-likeness (QED) is 0.473. The Labute approximate surface area is 110 Å². The van der Waals surface area contributed by atoms with E-state index in [0.717, 1.165) is 19.5 Å². The number of nitrogens with one attached hydrogen (secondary N) is 2. The van der Waals surface area contributed by atoms with Crippen molar-refractivity contribution in [2.45, 2.75) is 6.42 Å². The summed E-state index contributed by atoms with van der Waals surface area (Å²) < 4.78 is 1.46. The summed E-state index contributed by atoms with van der Waals surface area (Å²) in [5, 5.41) is 16.6. The zero-order valence-corrected chi connectivity index (χ0v) is 10.7. The third-order valence-electron chi connectivity index (χ3n) is 3.07. The fraction of sp³-hybridized carbons (Fsp3) is 0.417. The highest BCUT2D eigenvalue weighted by Gasteiger charge is 2.17. The standard InChI is InChI=1S/C12H16N4O3/c1-15-8-10(16(18)19)6-11(15)12(17)14-7-9-2-4-13-5-3-9/h2,6,8,13H,3-5,7H2,1H3,(H,14,17). The van der Waals surface area contributed by atoms with E-state index < -0.39 is 4.92 Å². The van der Waals surface area contributed by atoms with Crippen LogP contribution < -0.4 is 10.6 Å². The Bertz CT molecular complexity index is 533. The third-order valence-corrected chi connectivity index (χ3v) is 3.07. The van der Waals surface area contributed by atoms with Crippen molar-refractivity contribution in [1.29, 1.82) is 0 Å². The molecular formula is C12H16N4O3. The van der Waals surface area contributed by atoms with Gasteiger partial charge in [0, 0.05) is 26.2 Å². The SMILES string of the molecule is Cn1cc([N+](=O)[O-])cc1C(=O)NCC1=CCNCC1. The van der Waals surface area contributed by atoms with Gasteiger partial charge < -0.3 is 15.2 Å². The van der Waals surface area contributed by atoms with Gasteiger partial charge in [0.2, 0.25) is 0 Å². The number of hydrogen-bond donors (Lipinski definition) is 2. The van der Waals surface area contributed by atoms with E-state index >= 15 is 0 Å². The van der Waals surface area contributed by atoms with Crippen molar-refractivity contribution in [1.82, 2.24) is 15.2 Å². The average molecular weight is 264 g/mol. The van der Waals surface area contributed by atoms with Crippen LogP contribution in [0.2, 0.25) is 0 Å². The van der Waals surface area contributed by atoms with Gasteiger partial charge in [0.1, 0.15) is 5.69 Å². The summed E-state index contributed by atoms with van der Waals surface area (Å²) in [7, 11) is 1.62. The Kier molecular flexibility index (Phi) is 3.96. The summed E-state index contributed by atoms with van der Waals surface area (Å²) in [5.41, 5.74) is 1.39. The van der Waals surface area contributed by atoms with Crippen molar-refractivity contribution in [2.24, 2.45) is 7.05 Å². The Morgan fingerprint density at radius 1 is 1.63 bits per heavy atom. The normalized spacial score (nSPS) is 14.9. The number of aryl methyl sites for hydroxylation is 1. The molecule has 0 fully saturated rings. The van der Waals surface area contributed by atoms with E-state index in [9.17, 15) is 14.9 Å². The molecule has 0 radical (unpaired) electrons. The Morgan fingerprint density at radius 2 is 2.42 bits per heavy atom. The number of rotatable bonds is 4. The second-order valence-electron chi connectivity index (χ2n) is 4.45. The summed E-state index contributed by atoms with van der Waals surface area (Å²) in [6.07, 6.45) is 4.30. The largest absolute Gasteiger partial charge is 0.347 e. The van der Waals surface area contributed by atoms with Crippen LogP contribution in [0.1, 0.15) is 16.9 Å². The van der Waals surface area contributed by atoms with Crippen molar-refractivity contribution in [3.63, 3.8) is 0 Å². The maximum absolute atomic E-state index is 11.9. The monoisotopic (exact) mass is 264 g/mol. The maximum atomic E-state index is 11.9. The molecule has 0 aliphatic carbocycles. The van der Waals surface area contributed by atoms with Crippen LogP contribution in [-0.2, 0) is 7.05 Å². The minimum Gasteiger partial charge on any atom is -0.347 e. The Morgan fingerprint density at radius 3 is 3.00 bits per heavy atom. The van der Waals surface area contributed by atoms with Gasteiger partial charge in [0.25, 0.3) is 11.6 Å². The molecule has 2 heterocycles. The molecule has 1 aliphatic rings. The van der Waals surface area contributed by atoms with E-state index in [4.69, 9.17) is 0 Å². The number of hydrogen-bond acceptors (Lipinski definition) is 4. The summed E-state index contributed by atoms with van der Waals surface area (Å²) >= 11 is 0. The molecule has 0 atom stereocenters. The molecule has 102 valence electrons. The van der Waals surface area contributed by atoms with Crippen LogP contribution in [0.15, 0.2) is 23.9 Å². The highest BCUT2D eigenvalue weighted by Crippen LogP contribution is 2.15. The van der Waals surface area contributed by atoms with Crippen molar-refractivity contribution in [2.75, 3.05) is 19.6 Å². The lowest BCUT2D eigenvalue weighted by Crippen LogP contribution is -2.30. The molecule has 7 heteroatoms. The van der Waals surface area contributed by atoms with Crippen LogP contribution in [0.25, 0.3) is 0 Å². The van der Waals surface area contributed by atoms with Gasteiger partial charge in [-0.25, -0.2) is 0 Å². The number of aromatic nitrogens is 1. The van der Waals surface area contributed by atoms with Crippen LogP contribution in [-0.4, -0.2) is 35.0 Å². The molecule has 1 aliphatic heterocycles. The lowest BCUT2D eigenvalue weighted by Gasteiger charge is -2.14. The predicted molar refractivity (Wildman–Crippen MR) is 70.0 cm³/mol. The molecule has 0 aromatic carbocycles. The zero-order valence-electron chi connectivity index (χ0n) is 10.7. The van der Waals surface area contributed by atoms with Gasteiger partial charge in [-0.05, 0) is 13.0 Å². The first-order valence-electron chi connectivity index (χ1n) is 6.05. The first kappa shape index (κ1) is 13.3. The average Bonchev–Trinajstić information content (AvgIpc) is 2.80. The van der Waals surface area contributed by atoms with Gasteiger partial charge in [-0.1, -0.05) is 11.6 Å². The Balaban J connectivity index is 1.99. The van der Waals surface area contributed by atoms with E-state index in [-0.39, 0.29) is 11.6 Å². The van der Waals surface area contributed by atoms with Crippen molar-refractivity contribution >= 4 is 11.6 Å². The van der Waals surface area contributed by atoms with E-state index in [1.807, 2.05) is 0 Å². The zero-order chi connectivity index (χ0) is 13.8. The van der Waals surface area contributed by atoms with Gasteiger partial charge in [-0.2, -0.15) is 0 Å². The third kappa shape index (κ3) is 3.19. The lowest BCUT2D eigenvalue weighted by molar-refractivity contribution is -0.384. The summed E-state index contributed by atoms with van der Waals surface area (Å²) in [6, 6.07) is 1.28. The highest BCUT2D eigenvalue weighted by atomic mass is 16.6. The number of carbonyl (C=O) groups excluding carboxylic acids is 1. The molecule has 1 amide bonds. The van der Waals surface area contributed by atoms with Gasteiger partial charge in [0.15, 0.2) is 0 Å². The van der Waals surface area contributed by atoms with Crippen LogP contribution in [0.3, 0.4) is 0 Å². The van der Waals surface area contributed by atoms with E-state index in [1.54, 1.807) is 7.05 Å². The lowest BCUT2D eigenvalue weighted by atomic mass is 10.1. The summed E-state index contributed by atoms with van der Waals surface area (Å²) in [4.78, 5) is 22.1. The first-order chi connectivity index (χ1) is 9.08. The van der Waals surface area contributed by atoms with Gasteiger partial charge >= 0.3 is 0 Å². The van der Waals surface area contributed by atoms with Crippen molar-refractivity contribution < 1.29 is 9.72 Å². The molecule has 1 aromatic rings. The molecule has 0 unspecified atom stereocenters. The second kappa shape index (κ2) is 5.66. The van der Waals surface area contributed by atoms with E-state index in [1.165, 1.54) is 22.4 Å². The van der Waals surface area contributed by atoms with Gasteiger partial charge in [0.05, 0.1) is 11.1 Å². The summed E-state index contributed by atoms with van der Waals surface area (Å²) in [6.45, 7) is 2.22. The molecule has 0 saturated carbocycles. The fourth-order valence-corrected chi connectivity index (χ4v) is 1.99. The predicted octanol–water partition coefficient (Wildman–Crippen LogP) is 0.583. The van der Waals surface area contributed by atoms with Crippen LogP contribution in [0.5, 0.6) is 0 Å². The fourth-order valence-electron chi connectivity index (χ4n) is 1.99. The molecule has 1 aromatic heterocycles. The molecule has 2 rings (SSSR count). The van der Waals surface area contributed by atoms with Gasteiger partial charge in [-0.15, -0.1) is 0 Å². The minimum absolute atomic E-state index is 0.0752. The van der Waals surface area contributed by atoms with Crippen LogP contribution in [0.4, 0.5) is 5.69 Å². The Hall–Kier alpha value is -2.15. The van der Waals surface area contributed by atoms with Crippen LogP contribution in [0, 0.1) is 10.1 Å². The van der Waals surface area contributed by atoms with Crippen molar-refractivity contribution in [3.05, 3.63) is 39.7 Å². The number of amides is 1. The maximum Gasteiger partial charge on any atom is 0.287 e. The molecule has 0 spiro atoms. The smallest absolute Gasteiger partial charge is 0.287 e. The molecule has 0 bridgehead atoms. The highest BCUT2D eigenvalue weighted by molar-refractivity contribution is 5.93. The summed E-state index contributed by atoms with van der Waals surface area (Å²) in [5.74, 6) is -0.296. The number of nitrogens with zero attached hydrogens (tertiary/aromatic N) is 2. The van der Waals surface area contributed by atoms with Crippen molar-refractivity contribution in [3.8, 4) is 0 Å². The molecule has 7 nitrogen and oxygen atoms in total. The topological polar surface area (TPSA) is 89.2 Å². The van der Waals surface area contributed by atoms with Gasteiger partial charge in [-0.3, -0.25) is 14.9 Å². The molecular weight excluding hydrogens is 248 g/mol. The molecule has 19 heavy (non-hydrogen) atoms. The van der Waals surface area contributed by atoms with E-state index in [0.29, 0.717) is 12.2 Å². The molecule has 2 N–H and O–H groups in total. The second-order valence-corrected chi connectivity index (χ2v) is 4.45. The number of carbonyl (C=O) groups is 1. The molecule has 0 saturated heterocycles. The minimum atomic E-state index is -0.508.